The van der Waals surface area contributed by atoms with Crippen LogP contribution in [0.1, 0.15) is 10.4 Å². The lowest BCUT2D eigenvalue weighted by atomic mass is 10.1. The van der Waals surface area contributed by atoms with E-state index in [0.29, 0.717) is 49.9 Å². The van der Waals surface area contributed by atoms with E-state index < -0.39 is 5.97 Å². The maximum absolute atomic E-state index is 13.2. The summed E-state index contributed by atoms with van der Waals surface area (Å²) in [5, 5.41) is 9.11. The Labute approximate surface area is 152 Å². The van der Waals surface area contributed by atoms with E-state index in [1.54, 1.807) is 30.2 Å². The van der Waals surface area contributed by atoms with Crippen molar-refractivity contribution in [3.05, 3.63) is 23.8 Å². The molecule has 0 aromatic heterocycles. The van der Waals surface area contributed by atoms with Crippen LogP contribution in [0.25, 0.3) is 0 Å². The average molecular weight is 364 g/mol. The molecule has 142 valence electrons. The molecule has 0 unspecified atom stereocenters. The minimum Gasteiger partial charge on any atom is -0.497 e. The fourth-order valence-corrected chi connectivity index (χ4v) is 3.64. The Morgan fingerprint density at radius 1 is 1.19 bits per heavy atom. The highest BCUT2D eigenvalue weighted by Crippen LogP contribution is 2.28. The third kappa shape index (κ3) is 3.91. The molecular weight excluding hydrogens is 340 g/mol. The van der Waals surface area contributed by atoms with E-state index in [2.05, 4.69) is 0 Å². The molecule has 26 heavy (non-hydrogen) atoms. The van der Waals surface area contributed by atoms with Gasteiger partial charge in [0.05, 0.1) is 45.6 Å². The number of aliphatic carboxylic acids is 1. The largest absolute Gasteiger partial charge is 0.497 e. The van der Waals surface area contributed by atoms with E-state index in [4.69, 9.17) is 19.3 Å². The summed E-state index contributed by atoms with van der Waals surface area (Å²) in [7, 11) is 3.08. The van der Waals surface area contributed by atoms with Crippen LogP contribution in [0.2, 0.25) is 0 Å². The lowest BCUT2D eigenvalue weighted by Crippen LogP contribution is -2.47. The Morgan fingerprint density at radius 2 is 2.00 bits per heavy atom. The van der Waals surface area contributed by atoms with Gasteiger partial charge in [-0.15, -0.1) is 0 Å². The summed E-state index contributed by atoms with van der Waals surface area (Å²) >= 11 is 0. The predicted octanol–water partition coefficient (Wildman–Crippen LogP) is 0.561. The van der Waals surface area contributed by atoms with Gasteiger partial charge in [0, 0.05) is 31.6 Å². The molecule has 8 heteroatoms. The van der Waals surface area contributed by atoms with Crippen molar-refractivity contribution in [1.82, 2.24) is 9.80 Å². The second-order valence-corrected chi connectivity index (χ2v) is 6.67. The first-order valence-electron chi connectivity index (χ1n) is 8.56. The van der Waals surface area contributed by atoms with Crippen molar-refractivity contribution >= 4 is 11.9 Å². The molecule has 1 aromatic carbocycles. The van der Waals surface area contributed by atoms with Gasteiger partial charge in [-0.05, 0) is 12.1 Å². The molecule has 2 heterocycles. The van der Waals surface area contributed by atoms with Crippen LogP contribution in [-0.2, 0) is 9.53 Å². The maximum Gasteiger partial charge on any atom is 0.317 e. The monoisotopic (exact) mass is 364 g/mol. The molecule has 2 fully saturated rings. The number of hydrogen-bond acceptors (Lipinski definition) is 6. The normalized spacial score (nSPS) is 23.2. The second kappa shape index (κ2) is 7.92. The average Bonchev–Trinajstić information content (AvgIpc) is 2.90. The molecule has 0 radical (unpaired) electrons. The van der Waals surface area contributed by atoms with Crippen molar-refractivity contribution in [2.75, 3.05) is 53.6 Å². The minimum atomic E-state index is -0.861. The molecule has 1 aromatic rings. The van der Waals surface area contributed by atoms with Gasteiger partial charge in [-0.1, -0.05) is 0 Å². The Kier molecular flexibility index (Phi) is 5.63. The van der Waals surface area contributed by atoms with Crippen molar-refractivity contribution in [3.8, 4) is 11.5 Å². The standard InChI is InChI=1S/C18H24N2O6/c1-24-14-3-4-15(16(5-14)25-2)18(23)20-7-12-6-19(9-17(21)22)8-13(20)11-26-10-12/h3-5,12-13H,6-11H2,1-2H3,(H,21,22)/t12-,13-/m0/s1. The van der Waals surface area contributed by atoms with Gasteiger partial charge in [0.25, 0.3) is 5.91 Å². The van der Waals surface area contributed by atoms with Crippen LogP contribution in [0.15, 0.2) is 18.2 Å². The van der Waals surface area contributed by atoms with Crippen LogP contribution in [0.3, 0.4) is 0 Å². The fraction of sp³-hybridized carbons (Fsp3) is 0.556. The maximum atomic E-state index is 13.2. The topological polar surface area (TPSA) is 88.5 Å². The van der Waals surface area contributed by atoms with Crippen molar-refractivity contribution in [1.29, 1.82) is 0 Å². The van der Waals surface area contributed by atoms with Gasteiger partial charge in [-0.3, -0.25) is 14.5 Å². The third-order valence-electron chi connectivity index (χ3n) is 4.80. The van der Waals surface area contributed by atoms with E-state index in [0.717, 1.165) is 0 Å². The number of fused-ring (bicyclic) bond motifs is 3. The van der Waals surface area contributed by atoms with Crippen molar-refractivity contribution in [2.24, 2.45) is 5.92 Å². The van der Waals surface area contributed by atoms with Crippen LogP contribution in [0.5, 0.6) is 11.5 Å². The van der Waals surface area contributed by atoms with Crippen LogP contribution >= 0.6 is 0 Å². The molecule has 2 bridgehead atoms. The van der Waals surface area contributed by atoms with Crippen molar-refractivity contribution in [3.63, 3.8) is 0 Å². The number of carbonyl (C=O) groups is 2. The summed E-state index contributed by atoms with van der Waals surface area (Å²) in [4.78, 5) is 28.0. The zero-order valence-electron chi connectivity index (χ0n) is 15.0. The molecule has 2 saturated heterocycles. The first-order chi connectivity index (χ1) is 12.5. The molecule has 2 aliphatic rings. The summed E-state index contributed by atoms with van der Waals surface area (Å²) in [5.74, 6) is 0.151. The van der Waals surface area contributed by atoms with Crippen LogP contribution in [0, 0.1) is 5.92 Å². The predicted molar refractivity (Wildman–Crippen MR) is 92.8 cm³/mol. The molecule has 2 atom stereocenters. The number of methoxy groups -OCH3 is 2. The molecule has 0 aliphatic carbocycles. The Hall–Kier alpha value is -2.32. The number of ether oxygens (including phenoxy) is 3. The number of carboxylic acids is 1. The molecule has 0 saturated carbocycles. The SMILES string of the molecule is COc1ccc(C(=O)N2C[C@H]3COC[C@@H]2CN(CC(=O)O)C3)c(OC)c1. The molecular formula is C18H24N2O6. The Bertz CT molecular complexity index is 680. The van der Waals surface area contributed by atoms with Gasteiger partial charge in [-0.2, -0.15) is 0 Å². The zero-order valence-corrected chi connectivity index (χ0v) is 15.0. The zero-order chi connectivity index (χ0) is 18.7. The summed E-state index contributed by atoms with van der Waals surface area (Å²) in [6.07, 6.45) is 0. The molecule has 3 rings (SSSR count). The van der Waals surface area contributed by atoms with Gasteiger partial charge < -0.3 is 24.2 Å². The molecule has 1 N–H and O–H groups in total. The van der Waals surface area contributed by atoms with Crippen LogP contribution in [0.4, 0.5) is 0 Å². The van der Waals surface area contributed by atoms with Crippen molar-refractivity contribution in [2.45, 2.75) is 6.04 Å². The van der Waals surface area contributed by atoms with Crippen molar-refractivity contribution < 1.29 is 28.9 Å². The van der Waals surface area contributed by atoms with Gasteiger partial charge in [0.15, 0.2) is 0 Å². The number of rotatable bonds is 5. The summed E-state index contributed by atoms with van der Waals surface area (Å²) in [6, 6.07) is 4.92. The summed E-state index contributed by atoms with van der Waals surface area (Å²) < 4.78 is 16.3. The Morgan fingerprint density at radius 3 is 2.69 bits per heavy atom. The number of benzene rings is 1. The van der Waals surface area contributed by atoms with Crippen LogP contribution < -0.4 is 9.47 Å². The highest BCUT2D eigenvalue weighted by atomic mass is 16.5. The second-order valence-electron chi connectivity index (χ2n) is 6.67. The fourth-order valence-electron chi connectivity index (χ4n) is 3.64. The van der Waals surface area contributed by atoms with E-state index in [1.165, 1.54) is 7.11 Å². The number of nitrogens with zero attached hydrogens (tertiary/aromatic N) is 2. The number of carbonyl (C=O) groups excluding carboxylic acids is 1. The molecule has 2 aliphatic heterocycles. The number of carboxylic acid groups (broad SMARTS) is 1. The quantitative estimate of drug-likeness (QED) is 0.817. The number of hydrogen-bond donors (Lipinski definition) is 1. The molecule has 8 nitrogen and oxygen atoms in total. The lowest BCUT2D eigenvalue weighted by molar-refractivity contribution is -0.138. The third-order valence-corrected chi connectivity index (χ3v) is 4.80. The van der Waals surface area contributed by atoms with E-state index in [9.17, 15) is 9.59 Å². The Balaban J connectivity index is 1.86. The van der Waals surface area contributed by atoms with Gasteiger partial charge in [0.2, 0.25) is 0 Å². The lowest BCUT2D eigenvalue weighted by Gasteiger charge is -2.31. The van der Waals surface area contributed by atoms with Gasteiger partial charge in [-0.25, -0.2) is 0 Å². The molecule has 1 amide bonds. The number of amides is 1. The smallest absolute Gasteiger partial charge is 0.317 e. The van der Waals surface area contributed by atoms with Gasteiger partial charge in [0.1, 0.15) is 11.5 Å². The summed E-state index contributed by atoms with van der Waals surface area (Å²) in [6.45, 7) is 2.52. The molecule has 0 spiro atoms. The van der Waals surface area contributed by atoms with E-state index >= 15 is 0 Å². The first kappa shape index (κ1) is 18.5. The first-order valence-corrected chi connectivity index (χ1v) is 8.56. The highest BCUT2D eigenvalue weighted by Gasteiger charge is 2.37. The van der Waals surface area contributed by atoms with Crippen LogP contribution in [-0.4, -0.2) is 86.4 Å². The summed E-state index contributed by atoms with van der Waals surface area (Å²) in [5.41, 5.74) is 0.464. The van der Waals surface area contributed by atoms with Gasteiger partial charge >= 0.3 is 5.97 Å². The van der Waals surface area contributed by atoms with E-state index in [-0.39, 0.29) is 24.4 Å². The highest BCUT2D eigenvalue weighted by molar-refractivity contribution is 5.97. The van der Waals surface area contributed by atoms with E-state index in [1.807, 2.05) is 4.90 Å². The minimum absolute atomic E-state index is 0.0269.